The van der Waals surface area contributed by atoms with Crippen molar-refractivity contribution in [3.8, 4) is 0 Å². The van der Waals surface area contributed by atoms with Gasteiger partial charge < -0.3 is 10.5 Å². The average molecular weight is 213 g/mol. The van der Waals surface area contributed by atoms with E-state index in [9.17, 15) is 9.59 Å². The molecular weight excluding hydrogens is 194 g/mol. The van der Waals surface area contributed by atoms with Crippen molar-refractivity contribution < 1.29 is 14.3 Å². The van der Waals surface area contributed by atoms with E-state index in [2.05, 4.69) is 0 Å². The quantitative estimate of drug-likeness (QED) is 0.660. The molecule has 0 radical (unpaired) electrons. The van der Waals surface area contributed by atoms with Crippen LogP contribution in [0.25, 0.3) is 0 Å². The van der Waals surface area contributed by atoms with Gasteiger partial charge in [0.05, 0.1) is 12.0 Å². The summed E-state index contributed by atoms with van der Waals surface area (Å²) in [6.07, 6.45) is 1.87. The fourth-order valence-corrected chi connectivity index (χ4v) is 1.71. The molecule has 0 aromatic heterocycles. The lowest BCUT2D eigenvalue weighted by Crippen LogP contribution is -2.46. The molecular formula is C11H19NO3. The van der Waals surface area contributed by atoms with E-state index in [1.807, 2.05) is 0 Å². The second-order valence-electron chi connectivity index (χ2n) is 5.02. The van der Waals surface area contributed by atoms with Gasteiger partial charge in [-0.25, -0.2) is 0 Å². The molecule has 0 heterocycles. The summed E-state index contributed by atoms with van der Waals surface area (Å²) in [4.78, 5) is 23.1. The third kappa shape index (κ3) is 3.30. The second-order valence-corrected chi connectivity index (χ2v) is 5.02. The Balaban J connectivity index is 2.63. The van der Waals surface area contributed by atoms with Crippen LogP contribution < -0.4 is 5.73 Å². The third-order valence-corrected chi connectivity index (χ3v) is 2.45. The zero-order chi connectivity index (χ0) is 11.6. The Labute approximate surface area is 90.2 Å². The van der Waals surface area contributed by atoms with Crippen molar-refractivity contribution in [3.05, 3.63) is 0 Å². The van der Waals surface area contributed by atoms with Crippen LogP contribution in [0.3, 0.4) is 0 Å². The number of hydrogen-bond donors (Lipinski definition) is 1. The summed E-state index contributed by atoms with van der Waals surface area (Å²) in [6.45, 7) is 5.42. The number of carbonyl (C=O) groups is 2. The van der Waals surface area contributed by atoms with Crippen molar-refractivity contribution in [2.24, 2.45) is 11.7 Å². The lowest BCUT2D eigenvalue weighted by atomic mass is 9.84. The minimum Gasteiger partial charge on any atom is -0.460 e. The van der Waals surface area contributed by atoms with Crippen LogP contribution in [-0.4, -0.2) is 23.4 Å². The summed E-state index contributed by atoms with van der Waals surface area (Å²) in [5, 5.41) is 0. The van der Waals surface area contributed by atoms with Crippen molar-refractivity contribution in [2.75, 3.05) is 0 Å². The maximum Gasteiger partial charge on any atom is 0.311 e. The number of ketones is 1. The zero-order valence-electron chi connectivity index (χ0n) is 9.58. The summed E-state index contributed by atoms with van der Waals surface area (Å²) in [5.41, 5.74) is 5.18. The van der Waals surface area contributed by atoms with Crippen molar-refractivity contribution in [1.82, 2.24) is 0 Å². The normalized spacial score (nSPS) is 27.6. The van der Waals surface area contributed by atoms with Gasteiger partial charge in [-0.05, 0) is 33.6 Å². The lowest BCUT2D eigenvalue weighted by molar-refractivity contribution is -0.163. The summed E-state index contributed by atoms with van der Waals surface area (Å²) in [6, 6.07) is -0.673. The Hall–Kier alpha value is -0.900. The van der Waals surface area contributed by atoms with Gasteiger partial charge in [-0.2, -0.15) is 0 Å². The predicted molar refractivity (Wildman–Crippen MR) is 56.2 cm³/mol. The number of ether oxygens (including phenoxy) is 1. The number of nitrogens with two attached hydrogens (primary N) is 1. The summed E-state index contributed by atoms with van der Waals surface area (Å²) in [7, 11) is 0. The number of hydrogen-bond acceptors (Lipinski definition) is 4. The van der Waals surface area contributed by atoms with Crippen LogP contribution >= 0.6 is 0 Å². The molecule has 0 saturated heterocycles. The molecule has 1 unspecified atom stereocenters. The molecule has 1 fully saturated rings. The summed E-state index contributed by atoms with van der Waals surface area (Å²) in [5.74, 6) is -0.828. The van der Waals surface area contributed by atoms with Crippen LogP contribution in [0.15, 0.2) is 0 Å². The number of carbonyl (C=O) groups excluding carboxylic acids is 2. The molecule has 1 saturated carbocycles. The van der Waals surface area contributed by atoms with Crippen molar-refractivity contribution in [1.29, 1.82) is 0 Å². The summed E-state index contributed by atoms with van der Waals surface area (Å²) >= 11 is 0. The van der Waals surface area contributed by atoms with Gasteiger partial charge in [0.25, 0.3) is 0 Å². The Kier molecular flexibility index (Phi) is 3.50. The van der Waals surface area contributed by atoms with Gasteiger partial charge in [-0.15, -0.1) is 0 Å². The minimum absolute atomic E-state index is 0.0305. The molecule has 0 bridgehead atoms. The third-order valence-electron chi connectivity index (χ3n) is 2.45. The van der Waals surface area contributed by atoms with Crippen molar-refractivity contribution >= 4 is 11.8 Å². The van der Waals surface area contributed by atoms with E-state index in [1.165, 1.54) is 0 Å². The van der Waals surface area contributed by atoms with Gasteiger partial charge in [0, 0.05) is 6.42 Å². The molecule has 4 heteroatoms. The molecule has 1 aliphatic rings. The Morgan fingerprint density at radius 2 is 2.07 bits per heavy atom. The van der Waals surface area contributed by atoms with Gasteiger partial charge in [0.1, 0.15) is 11.4 Å². The molecule has 2 atom stereocenters. The van der Waals surface area contributed by atoms with Crippen LogP contribution in [0.5, 0.6) is 0 Å². The highest BCUT2D eigenvalue weighted by molar-refractivity contribution is 5.90. The van der Waals surface area contributed by atoms with Gasteiger partial charge in [-0.1, -0.05) is 0 Å². The topological polar surface area (TPSA) is 69.4 Å². The smallest absolute Gasteiger partial charge is 0.311 e. The van der Waals surface area contributed by atoms with Crippen molar-refractivity contribution in [2.45, 2.75) is 51.7 Å². The van der Waals surface area contributed by atoms with E-state index in [0.717, 1.165) is 6.42 Å². The van der Waals surface area contributed by atoms with Gasteiger partial charge in [0.2, 0.25) is 0 Å². The highest BCUT2D eigenvalue weighted by atomic mass is 16.6. The number of Topliss-reactive ketones (excluding diaryl/α,β-unsaturated/α-hetero) is 1. The Bertz CT molecular complexity index is 267. The first-order valence-electron chi connectivity index (χ1n) is 5.32. The average Bonchev–Trinajstić information content (AvgIpc) is 2.06. The van der Waals surface area contributed by atoms with E-state index in [1.54, 1.807) is 20.8 Å². The van der Waals surface area contributed by atoms with Crippen LogP contribution in [0.4, 0.5) is 0 Å². The molecule has 2 N–H and O–H groups in total. The number of esters is 1. The fourth-order valence-electron chi connectivity index (χ4n) is 1.71. The van der Waals surface area contributed by atoms with Crippen LogP contribution in [0.2, 0.25) is 0 Å². The highest BCUT2D eigenvalue weighted by Gasteiger charge is 2.36. The molecule has 4 nitrogen and oxygen atoms in total. The van der Waals surface area contributed by atoms with E-state index in [0.29, 0.717) is 12.8 Å². The first kappa shape index (κ1) is 12.2. The van der Waals surface area contributed by atoms with Gasteiger partial charge in [-0.3, -0.25) is 9.59 Å². The van der Waals surface area contributed by atoms with E-state index in [4.69, 9.17) is 10.5 Å². The van der Waals surface area contributed by atoms with Crippen LogP contribution in [0, 0.1) is 5.92 Å². The molecule has 0 spiro atoms. The molecule has 1 rings (SSSR count). The van der Waals surface area contributed by atoms with E-state index >= 15 is 0 Å². The monoisotopic (exact) mass is 213 g/mol. The molecule has 1 aliphatic carbocycles. The van der Waals surface area contributed by atoms with Gasteiger partial charge in [0.15, 0.2) is 0 Å². The fraction of sp³-hybridized carbons (Fsp3) is 0.818. The molecule has 0 amide bonds. The van der Waals surface area contributed by atoms with E-state index in [-0.39, 0.29) is 11.8 Å². The maximum absolute atomic E-state index is 11.7. The van der Waals surface area contributed by atoms with E-state index < -0.39 is 17.6 Å². The zero-order valence-corrected chi connectivity index (χ0v) is 9.58. The first-order chi connectivity index (χ1) is 6.81. The Morgan fingerprint density at radius 1 is 1.47 bits per heavy atom. The second kappa shape index (κ2) is 4.31. The standard InChI is InChI=1S/C11H19NO3/c1-11(2,3)15-10(14)7-5-4-6-8(13)9(7)12/h7,9H,4-6,12H2,1-3H3/t7?,9-/m0/s1. The molecule has 86 valence electrons. The Morgan fingerprint density at radius 3 is 2.60 bits per heavy atom. The van der Waals surface area contributed by atoms with Crippen molar-refractivity contribution in [3.63, 3.8) is 0 Å². The maximum atomic E-state index is 11.7. The lowest BCUT2D eigenvalue weighted by Gasteiger charge is -2.29. The molecule has 0 aromatic rings. The predicted octanol–water partition coefficient (Wildman–Crippen LogP) is 1.02. The first-order valence-corrected chi connectivity index (χ1v) is 5.32. The van der Waals surface area contributed by atoms with Crippen LogP contribution in [0.1, 0.15) is 40.0 Å². The molecule has 0 aromatic carbocycles. The molecule has 15 heavy (non-hydrogen) atoms. The summed E-state index contributed by atoms with van der Waals surface area (Å²) < 4.78 is 5.22. The molecule has 0 aliphatic heterocycles. The minimum atomic E-state index is -0.673. The van der Waals surface area contributed by atoms with Gasteiger partial charge >= 0.3 is 5.97 Å². The SMILES string of the molecule is CC(C)(C)OC(=O)C1CCCC(=O)[C@H]1N. The number of rotatable bonds is 1. The van der Waals surface area contributed by atoms with Crippen LogP contribution in [-0.2, 0) is 14.3 Å². The largest absolute Gasteiger partial charge is 0.460 e. The highest BCUT2D eigenvalue weighted by Crippen LogP contribution is 2.23.